The smallest absolute Gasteiger partial charge is 0.305 e. The second-order valence-corrected chi connectivity index (χ2v) is 21.4. The van der Waals surface area contributed by atoms with E-state index in [0.717, 1.165) is 62.7 Å². The van der Waals surface area contributed by atoms with Gasteiger partial charge in [-0.2, -0.15) is 0 Å². The Morgan fingerprint density at radius 1 is 0.543 bits per heavy atom. The molecule has 25 heteroatoms. The molecule has 0 aliphatic carbocycles. The van der Waals surface area contributed by atoms with Gasteiger partial charge in [-0.3, -0.25) is 57.7 Å². The second-order valence-electron chi connectivity index (χ2n) is 21.4. The van der Waals surface area contributed by atoms with Gasteiger partial charge in [-0.25, -0.2) is 0 Å². The van der Waals surface area contributed by atoms with Crippen molar-refractivity contribution in [3.8, 4) is 0 Å². The molecule has 1 aromatic rings. The summed E-state index contributed by atoms with van der Waals surface area (Å²) in [5.41, 5.74) is 6.62. The zero-order chi connectivity index (χ0) is 61.4. The van der Waals surface area contributed by atoms with Crippen LogP contribution in [-0.2, 0) is 47.9 Å². The summed E-state index contributed by atoms with van der Waals surface area (Å²) in [5.74, 6) is -12.2. The van der Waals surface area contributed by atoms with Crippen LogP contribution in [0.15, 0.2) is 23.2 Å². The van der Waals surface area contributed by atoms with Crippen LogP contribution in [-0.4, -0.2) is 166 Å². The second kappa shape index (κ2) is 38.6. The fourth-order valence-electron chi connectivity index (χ4n) is 8.76. The molecule has 0 heterocycles. The first-order valence-electron chi connectivity index (χ1n) is 28.2. The maximum Gasteiger partial charge on any atom is 0.305 e. The summed E-state index contributed by atoms with van der Waals surface area (Å²) in [6, 6.07) is -7.44. The fourth-order valence-corrected chi connectivity index (χ4v) is 8.76. The first-order chi connectivity index (χ1) is 38.2. The summed E-state index contributed by atoms with van der Waals surface area (Å²) in [4.78, 5) is 151. The molecule has 0 saturated heterocycles. The lowest BCUT2D eigenvalue weighted by Crippen LogP contribution is -2.61. The SMILES string of the molecule is C=Nc1ccc(C)c(C(=O)NC(CCCCCCCC)C(=O)NC(CO)C(=O)NC(CC(C)C)C(=O)NC(CO)C(=O)N(C)C(CC(C)C)C(=O)NC(CC(=O)O)C(=O)NC(CCCCCCCC)C(=O)NC(CC(=O)O)C(N)=O)c1. The molecule has 456 valence electrons. The van der Waals surface area contributed by atoms with Crippen LogP contribution in [0, 0.1) is 18.8 Å². The number of hydrogen-bond donors (Lipinski definition) is 12. The number of benzene rings is 1. The number of nitrogens with two attached hydrogens (primary N) is 1. The molecule has 0 saturated carbocycles. The molecule has 25 nitrogen and oxygen atoms in total. The van der Waals surface area contributed by atoms with E-state index in [2.05, 4.69) is 55.9 Å². The third-order valence-corrected chi connectivity index (χ3v) is 13.4. The molecule has 13 N–H and O–H groups in total. The number of aliphatic carboxylic acids is 2. The molecule has 0 radical (unpaired) electrons. The highest BCUT2D eigenvalue weighted by atomic mass is 16.4. The fraction of sp³-hybridized carbons (Fsp3) is 0.679. The minimum absolute atomic E-state index is 0.0238. The summed E-state index contributed by atoms with van der Waals surface area (Å²) in [5, 5.41) is 57.3. The van der Waals surface area contributed by atoms with E-state index in [4.69, 9.17) is 5.73 Å². The number of carbonyl (C=O) groups excluding carboxylic acids is 9. The standard InChI is InChI=1S/C56H92N10O15/c1-10-12-14-16-18-20-22-38(59-49(74)37-28-36(58-8)25-24-35(37)7)51(76)64-43(31-67)54(79)62-41(26-33(3)4)52(77)65-44(32-68)56(81)66(9)45(27-34(5)6)55(80)63-42(30-47(71)72)53(78)60-39(23-21-19-17-15-13-11-2)50(75)61-40(48(57)73)29-46(69)70/h24-25,28,33-34,38-45,67-68H,8,10-23,26-27,29-32H2,1-7,9H3,(H2,57,73)(H,59,74)(H,60,78)(H,61,75)(H,62,79)(H,63,80)(H,64,76)(H,65,77)(H,69,70)(H,71,72). The highest BCUT2D eigenvalue weighted by molar-refractivity contribution is 6.01. The lowest BCUT2D eigenvalue weighted by molar-refractivity contribution is -0.145. The molecular weight excluding hydrogens is 1050 g/mol. The number of aliphatic imine (C=N–C) groups is 1. The number of likely N-dealkylation sites (N-methyl/N-ethyl adjacent to an activating group) is 1. The topological polar surface area (TPSA) is 395 Å². The highest BCUT2D eigenvalue weighted by Gasteiger charge is 2.38. The van der Waals surface area contributed by atoms with E-state index in [1.807, 2.05) is 6.92 Å². The van der Waals surface area contributed by atoms with Crippen LogP contribution in [0.1, 0.15) is 173 Å². The summed E-state index contributed by atoms with van der Waals surface area (Å²) in [6.45, 7) is 14.3. The van der Waals surface area contributed by atoms with Crippen LogP contribution < -0.4 is 43.0 Å². The van der Waals surface area contributed by atoms with Crippen LogP contribution in [0.5, 0.6) is 0 Å². The maximum atomic E-state index is 14.2. The number of nitrogens with one attached hydrogen (secondary N) is 7. The Bertz CT molecular complexity index is 2260. The first kappa shape index (κ1) is 72.0. The predicted octanol–water partition coefficient (Wildman–Crippen LogP) is 2.17. The zero-order valence-corrected chi connectivity index (χ0v) is 48.6. The van der Waals surface area contributed by atoms with Crippen molar-refractivity contribution in [2.45, 2.75) is 212 Å². The van der Waals surface area contributed by atoms with Crippen molar-refractivity contribution in [1.82, 2.24) is 42.1 Å². The van der Waals surface area contributed by atoms with Gasteiger partial charge in [-0.05, 0) is 68.9 Å². The molecule has 0 fully saturated rings. The molecule has 1 rings (SSSR count). The van der Waals surface area contributed by atoms with E-state index in [9.17, 15) is 73.2 Å². The first-order valence-corrected chi connectivity index (χ1v) is 28.2. The average Bonchev–Trinajstić information content (AvgIpc) is 3.41. The minimum atomic E-state index is -1.85. The molecule has 81 heavy (non-hydrogen) atoms. The van der Waals surface area contributed by atoms with Crippen molar-refractivity contribution >= 4 is 77.5 Å². The molecule has 0 aliphatic heterocycles. The Morgan fingerprint density at radius 3 is 1.43 bits per heavy atom. The van der Waals surface area contributed by atoms with Crippen LogP contribution in [0.3, 0.4) is 0 Å². The molecule has 0 aromatic heterocycles. The number of nitrogens with zero attached hydrogens (tertiary/aromatic N) is 2. The van der Waals surface area contributed by atoms with E-state index in [1.54, 1.807) is 46.8 Å². The van der Waals surface area contributed by atoms with Crippen LogP contribution in [0.4, 0.5) is 5.69 Å². The Hall–Kier alpha value is -7.02. The van der Waals surface area contributed by atoms with Gasteiger partial charge < -0.3 is 68.3 Å². The lowest BCUT2D eigenvalue weighted by Gasteiger charge is -2.33. The van der Waals surface area contributed by atoms with Gasteiger partial charge in [0.05, 0.1) is 31.7 Å². The van der Waals surface area contributed by atoms with Crippen molar-refractivity contribution in [3.05, 3.63) is 29.3 Å². The van der Waals surface area contributed by atoms with Crippen molar-refractivity contribution in [3.63, 3.8) is 0 Å². The zero-order valence-electron chi connectivity index (χ0n) is 48.6. The number of aryl methyl sites for hydroxylation is 1. The van der Waals surface area contributed by atoms with Crippen LogP contribution in [0.2, 0.25) is 0 Å². The van der Waals surface area contributed by atoms with E-state index in [0.29, 0.717) is 30.5 Å². The number of carboxylic acids is 2. The third-order valence-electron chi connectivity index (χ3n) is 13.4. The summed E-state index contributed by atoms with van der Waals surface area (Å²) in [6.07, 6.45) is 8.09. The van der Waals surface area contributed by atoms with E-state index < -0.39 is 139 Å². The van der Waals surface area contributed by atoms with Gasteiger partial charge in [-0.15, -0.1) is 0 Å². The number of carboxylic acid groups (broad SMARTS) is 2. The molecule has 0 spiro atoms. The van der Waals surface area contributed by atoms with Crippen molar-refractivity contribution in [2.75, 3.05) is 20.3 Å². The van der Waals surface area contributed by atoms with E-state index in [-0.39, 0.29) is 43.1 Å². The van der Waals surface area contributed by atoms with Crippen molar-refractivity contribution in [2.24, 2.45) is 22.6 Å². The maximum absolute atomic E-state index is 14.2. The number of unbranched alkanes of at least 4 members (excludes halogenated alkanes) is 10. The Labute approximate surface area is 475 Å². The molecule has 0 aliphatic rings. The lowest BCUT2D eigenvalue weighted by atomic mass is 9.99. The monoisotopic (exact) mass is 1140 g/mol. The quantitative estimate of drug-likeness (QED) is 0.0330. The van der Waals surface area contributed by atoms with Gasteiger partial charge in [0.2, 0.25) is 47.3 Å². The molecule has 0 bridgehead atoms. The predicted molar refractivity (Wildman–Crippen MR) is 303 cm³/mol. The van der Waals surface area contributed by atoms with Gasteiger partial charge in [0.25, 0.3) is 5.91 Å². The number of amides is 9. The Morgan fingerprint density at radius 2 is 0.951 bits per heavy atom. The molecule has 8 unspecified atom stereocenters. The van der Waals surface area contributed by atoms with E-state index >= 15 is 0 Å². The molecule has 1 aromatic carbocycles. The molecule has 8 atom stereocenters. The molecule has 9 amide bonds. The Kier molecular flexibility index (Phi) is 34.3. The summed E-state index contributed by atoms with van der Waals surface area (Å²) < 4.78 is 0. The van der Waals surface area contributed by atoms with Gasteiger partial charge >= 0.3 is 11.9 Å². The van der Waals surface area contributed by atoms with Gasteiger partial charge in [0.15, 0.2) is 0 Å². The number of aliphatic hydroxyl groups is 2. The molecular formula is C56H92N10O15. The van der Waals surface area contributed by atoms with Crippen molar-refractivity contribution in [1.29, 1.82) is 0 Å². The van der Waals surface area contributed by atoms with Gasteiger partial charge in [0, 0.05) is 12.6 Å². The largest absolute Gasteiger partial charge is 0.481 e. The normalized spacial score (nSPS) is 14.1. The van der Waals surface area contributed by atoms with Crippen LogP contribution >= 0.6 is 0 Å². The Balaban J connectivity index is 3.43. The van der Waals surface area contributed by atoms with Crippen LogP contribution in [0.25, 0.3) is 0 Å². The van der Waals surface area contributed by atoms with Gasteiger partial charge in [-0.1, -0.05) is 125 Å². The van der Waals surface area contributed by atoms with Crippen molar-refractivity contribution < 1.29 is 73.2 Å². The number of rotatable bonds is 42. The van der Waals surface area contributed by atoms with E-state index in [1.165, 1.54) is 13.1 Å². The number of primary amides is 1. The summed E-state index contributed by atoms with van der Waals surface area (Å²) in [7, 11) is 1.18. The highest BCUT2D eigenvalue weighted by Crippen LogP contribution is 2.19. The van der Waals surface area contributed by atoms with Gasteiger partial charge in [0.1, 0.15) is 48.3 Å². The third kappa shape index (κ3) is 27.3. The summed E-state index contributed by atoms with van der Waals surface area (Å²) >= 11 is 0. The number of hydrogen-bond acceptors (Lipinski definition) is 14. The average molecular weight is 1150 g/mol. The number of aliphatic hydroxyl groups excluding tert-OH is 2. The number of carbonyl (C=O) groups is 11. The minimum Gasteiger partial charge on any atom is -0.481 e.